The standard InChI is InChI=1S/C9H8N2O2/c1-5-6-4-8(12)9(13)11-7(6)2-3-10-5/h2-4,12H,1H3,(H,11,13). The molecule has 4 heteroatoms. The normalized spacial score (nSPS) is 10.5. The summed E-state index contributed by atoms with van der Waals surface area (Å²) in [5, 5.41) is 9.93. The van der Waals surface area contributed by atoms with Gasteiger partial charge in [0.2, 0.25) is 0 Å². The second-order valence-corrected chi connectivity index (χ2v) is 2.84. The van der Waals surface area contributed by atoms with Gasteiger partial charge in [0.05, 0.1) is 5.52 Å². The van der Waals surface area contributed by atoms with Crippen molar-refractivity contribution in [3.63, 3.8) is 0 Å². The van der Waals surface area contributed by atoms with Crippen molar-refractivity contribution in [2.75, 3.05) is 0 Å². The fraction of sp³-hybridized carbons (Fsp3) is 0.111. The number of H-pyrrole nitrogens is 1. The van der Waals surface area contributed by atoms with Crippen LogP contribution in [0.25, 0.3) is 10.9 Å². The number of fused-ring (bicyclic) bond motifs is 1. The zero-order chi connectivity index (χ0) is 9.42. The second kappa shape index (κ2) is 2.58. The quantitative estimate of drug-likeness (QED) is 0.627. The number of rotatable bonds is 0. The highest BCUT2D eigenvalue weighted by Gasteiger charge is 2.02. The maximum atomic E-state index is 11.0. The van der Waals surface area contributed by atoms with Crippen molar-refractivity contribution in [2.24, 2.45) is 0 Å². The first kappa shape index (κ1) is 7.79. The summed E-state index contributed by atoms with van der Waals surface area (Å²) in [6.45, 7) is 1.82. The van der Waals surface area contributed by atoms with Gasteiger partial charge >= 0.3 is 0 Å². The molecular formula is C9H8N2O2. The minimum atomic E-state index is -0.474. The Bertz CT molecular complexity index is 516. The Morgan fingerprint density at radius 1 is 1.54 bits per heavy atom. The van der Waals surface area contributed by atoms with E-state index in [0.717, 1.165) is 11.1 Å². The van der Waals surface area contributed by atoms with Crippen molar-refractivity contribution in [1.82, 2.24) is 9.97 Å². The van der Waals surface area contributed by atoms with E-state index in [0.29, 0.717) is 5.52 Å². The Morgan fingerprint density at radius 2 is 2.31 bits per heavy atom. The number of aryl methyl sites for hydroxylation is 1. The Labute approximate surface area is 73.9 Å². The molecule has 0 aliphatic carbocycles. The summed E-state index contributed by atoms with van der Waals surface area (Å²) in [6.07, 6.45) is 1.62. The van der Waals surface area contributed by atoms with Crippen molar-refractivity contribution in [2.45, 2.75) is 6.92 Å². The maximum absolute atomic E-state index is 11.0. The van der Waals surface area contributed by atoms with Crippen LogP contribution in [0.3, 0.4) is 0 Å². The number of pyridine rings is 2. The van der Waals surface area contributed by atoms with Gasteiger partial charge in [-0.25, -0.2) is 0 Å². The van der Waals surface area contributed by atoms with Crippen LogP contribution < -0.4 is 5.56 Å². The molecule has 0 saturated heterocycles. The molecule has 0 radical (unpaired) electrons. The van der Waals surface area contributed by atoms with E-state index in [1.165, 1.54) is 6.07 Å². The number of nitrogens with zero attached hydrogens (tertiary/aromatic N) is 1. The van der Waals surface area contributed by atoms with Gasteiger partial charge in [0.15, 0.2) is 5.75 Å². The van der Waals surface area contributed by atoms with Crippen molar-refractivity contribution in [3.8, 4) is 5.75 Å². The molecule has 66 valence electrons. The van der Waals surface area contributed by atoms with Crippen molar-refractivity contribution in [3.05, 3.63) is 34.4 Å². The van der Waals surface area contributed by atoms with Crippen molar-refractivity contribution < 1.29 is 5.11 Å². The molecule has 0 bridgehead atoms. The molecule has 0 spiro atoms. The number of nitrogens with one attached hydrogen (secondary N) is 1. The molecule has 0 amide bonds. The van der Waals surface area contributed by atoms with E-state index >= 15 is 0 Å². The van der Waals surface area contributed by atoms with Crippen LogP contribution in [-0.2, 0) is 0 Å². The van der Waals surface area contributed by atoms with E-state index < -0.39 is 5.56 Å². The van der Waals surface area contributed by atoms with E-state index in [1.807, 2.05) is 6.92 Å². The molecule has 0 aliphatic rings. The summed E-state index contributed by atoms with van der Waals surface area (Å²) in [7, 11) is 0. The number of hydrogen-bond acceptors (Lipinski definition) is 3. The highest BCUT2D eigenvalue weighted by atomic mass is 16.3. The van der Waals surface area contributed by atoms with Crippen LogP contribution in [0.2, 0.25) is 0 Å². The van der Waals surface area contributed by atoms with Crippen LogP contribution >= 0.6 is 0 Å². The minimum Gasteiger partial charge on any atom is -0.503 e. The topological polar surface area (TPSA) is 66.0 Å². The Kier molecular flexibility index (Phi) is 1.55. The Hall–Kier alpha value is -1.84. The van der Waals surface area contributed by atoms with Gasteiger partial charge in [-0.15, -0.1) is 0 Å². The maximum Gasteiger partial charge on any atom is 0.290 e. The van der Waals surface area contributed by atoms with Crippen LogP contribution in [-0.4, -0.2) is 15.1 Å². The molecule has 2 aromatic rings. The van der Waals surface area contributed by atoms with Crippen LogP contribution in [0.4, 0.5) is 0 Å². The Morgan fingerprint density at radius 3 is 3.08 bits per heavy atom. The monoisotopic (exact) mass is 176 g/mol. The van der Waals surface area contributed by atoms with Crippen LogP contribution in [0.5, 0.6) is 5.75 Å². The van der Waals surface area contributed by atoms with E-state index in [2.05, 4.69) is 9.97 Å². The van der Waals surface area contributed by atoms with Crippen LogP contribution in [0, 0.1) is 6.92 Å². The summed E-state index contributed by atoms with van der Waals surface area (Å²) in [4.78, 5) is 17.6. The zero-order valence-corrected chi connectivity index (χ0v) is 7.03. The van der Waals surface area contributed by atoms with Crippen LogP contribution in [0.15, 0.2) is 23.1 Å². The second-order valence-electron chi connectivity index (χ2n) is 2.84. The third-order valence-corrected chi connectivity index (χ3v) is 1.95. The van der Waals surface area contributed by atoms with Gasteiger partial charge in [-0.3, -0.25) is 9.78 Å². The zero-order valence-electron chi connectivity index (χ0n) is 7.03. The van der Waals surface area contributed by atoms with Gasteiger partial charge in [0, 0.05) is 17.3 Å². The average molecular weight is 176 g/mol. The first-order chi connectivity index (χ1) is 6.18. The van der Waals surface area contributed by atoms with Crippen LogP contribution in [0.1, 0.15) is 5.69 Å². The highest BCUT2D eigenvalue weighted by Crippen LogP contribution is 2.15. The van der Waals surface area contributed by atoms with Gasteiger partial charge in [-0.1, -0.05) is 0 Å². The fourth-order valence-electron chi connectivity index (χ4n) is 1.26. The average Bonchev–Trinajstić information content (AvgIpc) is 2.09. The molecule has 0 unspecified atom stereocenters. The molecular weight excluding hydrogens is 168 g/mol. The van der Waals surface area contributed by atoms with Crippen molar-refractivity contribution >= 4 is 10.9 Å². The minimum absolute atomic E-state index is 0.274. The number of hydrogen-bond donors (Lipinski definition) is 2. The highest BCUT2D eigenvalue weighted by molar-refractivity contribution is 5.81. The molecule has 2 rings (SSSR count). The predicted octanol–water partition coefficient (Wildman–Crippen LogP) is 0.937. The molecule has 2 N–H and O–H groups in total. The van der Waals surface area contributed by atoms with E-state index in [4.69, 9.17) is 0 Å². The van der Waals surface area contributed by atoms with Gasteiger partial charge in [0.1, 0.15) is 0 Å². The summed E-state index contributed by atoms with van der Waals surface area (Å²) in [6, 6.07) is 3.12. The number of aromatic nitrogens is 2. The lowest BCUT2D eigenvalue weighted by atomic mass is 10.2. The predicted molar refractivity (Wildman–Crippen MR) is 48.8 cm³/mol. The van der Waals surface area contributed by atoms with Gasteiger partial charge in [-0.2, -0.15) is 0 Å². The molecule has 2 aromatic heterocycles. The molecule has 13 heavy (non-hydrogen) atoms. The first-order valence-electron chi connectivity index (χ1n) is 3.86. The molecule has 2 heterocycles. The molecule has 4 nitrogen and oxygen atoms in total. The largest absolute Gasteiger partial charge is 0.503 e. The lowest BCUT2D eigenvalue weighted by Crippen LogP contribution is -2.04. The lowest BCUT2D eigenvalue weighted by molar-refractivity contribution is 0.468. The summed E-state index contributed by atoms with van der Waals surface area (Å²) < 4.78 is 0. The summed E-state index contributed by atoms with van der Waals surface area (Å²) >= 11 is 0. The van der Waals surface area contributed by atoms with Crippen molar-refractivity contribution in [1.29, 1.82) is 0 Å². The van der Waals surface area contributed by atoms with E-state index in [-0.39, 0.29) is 5.75 Å². The molecule has 0 saturated carbocycles. The lowest BCUT2D eigenvalue weighted by Gasteiger charge is -2.00. The third kappa shape index (κ3) is 1.16. The summed E-state index contributed by atoms with van der Waals surface area (Å²) in [5.41, 5.74) is 0.998. The van der Waals surface area contributed by atoms with E-state index in [9.17, 15) is 9.90 Å². The Balaban J connectivity index is 2.97. The molecule has 0 atom stereocenters. The molecule has 0 aromatic carbocycles. The third-order valence-electron chi connectivity index (χ3n) is 1.95. The van der Waals surface area contributed by atoms with Gasteiger partial charge in [0.25, 0.3) is 5.56 Å². The SMILES string of the molecule is Cc1nccc2[nH]c(=O)c(O)cc12. The number of aromatic hydroxyl groups is 1. The fourth-order valence-corrected chi connectivity index (χ4v) is 1.26. The molecule has 0 fully saturated rings. The summed E-state index contributed by atoms with van der Waals surface area (Å²) in [5.74, 6) is -0.274. The van der Waals surface area contributed by atoms with Gasteiger partial charge < -0.3 is 10.1 Å². The number of aromatic amines is 1. The van der Waals surface area contributed by atoms with Gasteiger partial charge in [-0.05, 0) is 19.1 Å². The first-order valence-corrected chi connectivity index (χ1v) is 3.86. The van der Waals surface area contributed by atoms with E-state index in [1.54, 1.807) is 12.3 Å². The molecule has 0 aliphatic heterocycles. The smallest absolute Gasteiger partial charge is 0.290 e.